The highest BCUT2D eigenvalue weighted by molar-refractivity contribution is 9.10. The van der Waals surface area contributed by atoms with E-state index >= 15 is 0 Å². The zero-order valence-electron chi connectivity index (χ0n) is 6.91. The summed E-state index contributed by atoms with van der Waals surface area (Å²) in [6.07, 6.45) is 1.56. The van der Waals surface area contributed by atoms with E-state index in [-0.39, 0.29) is 5.91 Å². The van der Waals surface area contributed by atoms with E-state index in [9.17, 15) is 4.79 Å². The number of benzene rings is 1. The molecule has 3 rings (SSSR count). The predicted molar refractivity (Wildman–Crippen MR) is 55.2 cm³/mol. The molecule has 1 amide bonds. The van der Waals surface area contributed by atoms with Gasteiger partial charge in [0.25, 0.3) is 5.91 Å². The Morgan fingerprint density at radius 2 is 2.21 bits per heavy atom. The second kappa shape index (κ2) is 2.51. The maximum absolute atomic E-state index is 11.5. The number of aromatic nitrogens is 2. The van der Waals surface area contributed by atoms with Gasteiger partial charge in [0.1, 0.15) is 5.52 Å². The van der Waals surface area contributed by atoms with Crippen molar-refractivity contribution in [3.05, 3.63) is 28.4 Å². The summed E-state index contributed by atoms with van der Waals surface area (Å²) in [6, 6.07) is 3.58. The fourth-order valence-electron chi connectivity index (χ4n) is 1.62. The molecule has 68 valence electrons. The van der Waals surface area contributed by atoms with E-state index in [1.165, 1.54) is 0 Å². The lowest BCUT2D eigenvalue weighted by atomic mass is 10.1. The van der Waals surface area contributed by atoms with E-state index in [2.05, 4.69) is 31.4 Å². The number of rotatable bonds is 0. The maximum atomic E-state index is 11.5. The van der Waals surface area contributed by atoms with Gasteiger partial charge in [0.2, 0.25) is 0 Å². The zero-order chi connectivity index (χ0) is 9.71. The summed E-state index contributed by atoms with van der Waals surface area (Å²) in [7, 11) is 0. The molecule has 1 aliphatic heterocycles. The number of carbonyl (C=O) groups excluding carboxylic acids is 1. The van der Waals surface area contributed by atoms with Gasteiger partial charge in [-0.05, 0) is 28.1 Å². The normalized spacial score (nSPS) is 13.4. The first kappa shape index (κ1) is 7.87. The average Bonchev–Trinajstić information content (AvgIpc) is 2.50. The number of amides is 1. The summed E-state index contributed by atoms with van der Waals surface area (Å²) >= 11 is 3.37. The Morgan fingerprint density at radius 1 is 1.36 bits per heavy atom. The monoisotopic (exact) mass is 249 g/mol. The predicted octanol–water partition coefficient (Wildman–Crippen LogP) is 1.96. The van der Waals surface area contributed by atoms with Crippen LogP contribution in [0, 0.1) is 0 Å². The van der Waals surface area contributed by atoms with Crippen molar-refractivity contribution >= 4 is 38.4 Å². The Balaban J connectivity index is 2.59. The number of carbonyl (C=O) groups is 1. The first-order valence-electron chi connectivity index (χ1n) is 4.02. The summed E-state index contributed by atoms with van der Waals surface area (Å²) in [6.45, 7) is 0. The first-order chi connectivity index (χ1) is 6.77. The minimum atomic E-state index is -0.0905. The topological polar surface area (TPSA) is 54.9 Å². The van der Waals surface area contributed by atoms with Crippen LogP contribution in [0.5, 0.6) is 0 Å². The number of hydrogen-bond acceptors (Lipinski definition) is 3. The van der Waals surface area contributed by atoms with Crippen molar-refractivity contribution in [1.29, 1.82) is 0 Å². The molecule has 0 spiro atoms. The van der Waals surface area contributed by atoms with Crippen molar-refractivity contribution in [3.63, 3.8) is 0 Å². The third-order valence-electron chi connectivity index (χ3n) is 2.24. The molecule has 0 saturated carbocycles. The van der Waals surface area contributed by atoms with Gasteiger partial charge >= 0.3 is 0 Å². The molecule has 0 fully saturated rings. The molecule has 5 heteroatoms. The van der Waals surface area contributed by atoms with Crippen LogP contribution in [0.3, 0.4) is 0 Å². The third-order valence-corrected chi connectivity index (χ3v) is 2.88. The number of hydrogen-bond donors (Lipinski definition) is 1. The quantitative estimate of drug-likeness (QED) is 0.777. The second-order valence-electron chi connectivity index (χ2n) is 3.03. The van der Waals surface area contributed by atoms with E-state index in [1.54, 1.807) is 18.3 Å². The molecule has 1 N–H and O–H groups in total. The fourth-order valence-corrected chi connectivity index (χ4v) is 2.03. The van der Waals surface area contributed by atoms with Crippen molar-refractivity contribution < 1.29 is 4.79 Å². The van der Waals surface area contributed by atoms with E-state index in [0.29, 0.717) is 5.56 Å². The molecular formula is C9H4BrN3O. The Morgan fingerprint density at radius 3 is 3.07 bits per heavy atom. The van der Waals surface area contributed by atoms with Gasteiger partial charge in [0, 0.05) is 9.86 Å². The van der Waals surface area contributed by atoms with Gasteiger partial charge in [0.15, 0.2) is 0 Å². The SMILES string of the molecule is O=C1Nc2cnnc3c(Br)ccc1c23. The van der Waals surface area contributed by atoms with E-state index in [4.69, 9.17) is 0 Å². The highest BCUT2D eigenvalue weighted by Crippen LogP contribution is 2.34. The molecule has 1 aliphatic rings. The standard InChI is InChI=1S/C9H4BrN3O/c10-5-2-1-4-7-6(12-9(4)14)3-11-13-8(5)7/h1-3H,(H,12,14). The third kappa shape index (κ3) is 0.846. The van der Waals surface area contributed by atoms with E-state index in [0.717, 1.165) is 21.1 Å². The van der Waals surface area contributed by atoms with Crippen molar-refractivity contribution in [3.8, 4) is 0 Å². The summed E-state index contributed by atoms with van der Waals surface area (Å²) in [4.78, 5) is 11.5. The largest absolute Gasteiger partial charge is 0.320 e. The Hall–Kier alpha value is -1.49. The zero-order valence-corrected chi connectivity index (χ0v) is 8.50. The van der Waals surface area contributed by atoms with Gasteiger partial charge in [0.05, 0.1) is 17.4 Å². The van der Waals surface area contributed by atoms with Crippen LogP contribution in [0.2, 0.25) is 0 Å². The van der Waals surface area contributed by atoms with Gasteiger partial charge < -0.3 is 5.32 Å². The van der Waals surface area contributed by atoms with Crippen molar-refractivity contribution in [2.75, 3.05) is 5.32 Å². The van der Waals surface area contributed by atoms with E-state index in [1.807, 2.05) is 0 Å². The molecule has 1 aromatic carbocycles. The van der Waals surface area contributed by atoms with Crippen molar-refractivity contribution in [2.45, 2.75) is 0 Å². The molecule has 1 aromatic heterocycles. The van der Waals surface area contributed by atoms with Crippen LogP contribution in [0.1, 0.15) is 10.4 Å². The second-order valence-corrected chi connectivity index (χ2v) is 3.89. The molecule has 0 atom stereocenters. The lowest BCUT2D eigenvalue weighted by molar-refractivity contribution is 0.103. The number of nitrogens with one attached hydrogen (secondary N) is 1. The van der Waals surface area contributed by atoms with Crippen molar-refractivity contribution in [1.82, 2.24) is 10.2 Å². The van der Waals surface area contributed by atoms with Crippen LogP contribution in [0.25, 0.3) is 10.9 Å². The van der Waals surface area contributed by atoms with Gasteiger partial charge in [-0.1, -0.05) is 0 Å². The summed E-state index contributed by atoms with van der Waals surface area (Å²) in [5.41, 5.74) is 2.11. The van der Waals surface area contributed by atoms with Crippen LogP contribution in [0.15, 0.2) is 22.8 Å². The fraction of sp³-hybridized carbons (Fsp3) is 0. The maximum Gasteiger partial charge on any atom is 0.256 e. The summed E-state index contributed by atoms with van der Waals surface area (Å²) < 4.78 is 0.849. The molecule has 2 heterocycles. The Bertz CT molecular complexity index is 567. The highest BCUT2D eigenvalue weighted by atomic mass is 79.9. The van der Waals surface area contributed by atoms with Gasteiger partial charge in [-0.25, -0.2) is 0 Å². The van der Waals surface area contributed by atoms with Crippen LogP contribution in [-0.2, 0) is 0 Å². The molecule has 0 bridgehead atoms. The number of nitrogens with zero attached hydrogens (tertiary/aromatic N) is 2. The van der Waals surface area contributed by atoms with Gasteiger partial charge in [-0.15, -0.1) is 5.10 Å². The van der Waals surface area contributed by atoms with Crippen LogP contribution >= 0.6 is 15.9 Å². The molecule has 2 aromatic rings. The van der Waals surface area contributed by atoms with Gasteiger partial charge in [-0.3, -0.25) is 4.79 Å². The average molecular weight is 250 g/mol. The molecule has 14 heavy (non-hydrogen) atoms. The summed E-state index contributed by atoms with van der Waals surface area (Å²) in [5.74, 6) is -0.0905. The molecule has 4 nitrogen and oxygen atoms in total. The Kier molecular flexibility index (Phi) is 1.41. The minimum Gasteiger partial charge on any atom is -0.320 e. The minimum absolute atomic E-state index is 0.0905. The summed E-state index contributed by atoms with van der Waals surface area (Å²) in [5, 5.41) is 11.4. The highest BCUT2D eigenvalue weighted by Gasteiger charge is 2.23. The molecule has 0 aliphatic carbocycles. The smallest absolute Gasteiger partial charge is 0.256 e. The first-order valence-corrected chi connectivity index (χ1v) is 4.82. The molecule has 0 saturated heterocycles. The van der Waals surface area contributed by atoms with E-state index < -0.39 is 0 Å². The number of anilines is 1. The Labute approximate surface area is 87.5 Å². The molecule has 0 unspecified atom stereocenters. The molecular weight excluding hydrogens is 246 g/mol. The van der Waals surface area contributed by atoms with Crippen LogP contribution in [0.4, 0.5) is 5.69 Å². The number of halogens is 1. The molecule has 0 radical (unpaired) electrons. The lowest BCUT2D eigenvalue weighted by Crippen LogP contribution is -2.03. The van der Waals surface area contributed by atoms with Crippen LogP contribution in [-0.4, -0.2) is 16.1 Å². The van der Waals surface area contributed by atoms with Gasteiger partial charge in [-0.2, -0.15) is 5.10 Å². The lowest BCUT2D eigenvalue weighted by Gasteiger charge is -1.98. The van der Waals surface area contributed by atoms with Crippen LogP contribution < -0.4 is 5.32 Å². The van der Waals surface area contributed by atoms with Crippen molar-refractivity contribution in [2.24, 2.45) is 0 Å².